The van der Waals surface area contributed by atoms with Gasteiger partial charge in [0.25, 0.3) is 0 Å². The largest absolute Gasteiger partial charge is 0.248 e. The summed E-state index contributed by atoms with van der Waals surface area (Å²) < 4.78 is 0. The third kappa shape index (κ3) is 4.25. The van der Waals surface area contributed by atoms with Gasteiger partial charge in [-0.25, -0.2) is 4.98 Å². The van der Waals surface area contributed by atoms with E-state index >= 15 is 0 Å². The first kappa shape index (κ1) is 18.7. The van der Waals surface area contributed by atoms with Crippen molar-refractivity contribution in [2.75, 3.05) is 0 Å². The fraction of sp³-hybridized carbons (Fsp3) is 0.296. The monoisotopic (exact) mass is 367 g/mol. The van der Waals surface area contributed by atoms with Crippen LogP contribution in [0.1, 0.15) is 51.0 Å². The van der Waals surface area contributed by atoms with Gasteiger partial charge in [-0.3, -0.25) is 0 Å². The molecule has 0 saturated heterocycles. The van der Waals surface area contributed by atoms with Crippen LogP contribution in [0, 0.1) is 0 Å². The fourth-order valence-corrected chi connectivity index (χ4v) is 4.00. The van der Waals surface area contributed by atoms with E-state index < -0.39 is 0 Å². The van der Waals surface area contributed by atoms with E-state index in [1.54, 1.807) is 0 Å². The van der Waals surface area contributed by atoms with E-state index in [1.807, 2.05) is 0 Å². The highest BCUT2D eigenvalue weighted by Crippen LogP contribution is 2.27. The molecule has 4 aromatic rings. The van der Waals surface area contributed by atoms with Crippen molar-refractivity contribution in [2.45, 2.75) is 51.9 Å². The van der Waals surface area contributed by atoms with Gasteiger partial charge < -0.3 is 0 Å². The van der Waals surface area contributed by atoms with Crippen molar-refractivity contribution in [2.24, 2.45) is 0 Å². The average molecular weight is 368 g/mol. The Labute approximate surface area is 168 Å². The molecular formula is C27H29N. The second kappa shape index (κ2) is 9.01. The number of pyridine rings is 1. The first-order chi connectivity index (χ1) is 13.8. The van der Waals surface area contributed by atoms with Crippen molar-refractivity contribution >= 4 is 21.7 Å². The molecule has 3 aromatic carbocycles. The predicted octanol–water partition coefficient (Wildman–Crippen LogP) is 7.96. The summed E-state index contributed by atoms with van der Waals surface area (Å²) >= 11 is 0. The molecule has 0 N–H and O–H groups in total. The maximum atomic E-state index is 4.93. The standard InChI is InChI=1S/C27H29N/c1-2-3-4-5-6-7-10-21-13-15-23(16-14-21)26-20-18-25-24-12-9-8-11-22(24)17-19-27(25)28-26/h8-9,11-20H,2-7,10H2,1H3. The van der Waals surface area contributed by atoms with Crippen LogP contribution in [-0.2, 0) is 6.42 Å². The minimum Gasteiger partial charge on any atom is -0.248 e. The van der Waals surface area contributed by atoms with Crippen LogP contribution in [0.3, 0.4) is 0 Å². The minimum absolute atomic E-state index is 1.05. The van der Waals surface area contributed by atoms with Gasteiger partial charge >= 0.3 is 0 Å². The number of aromatic nitrogens is 1. The van der Waals surface area contributed by atoms with Gasteiger partial charge in [-0.05, 0) is 41.3 Å². The second-order valence-corrected chi connectivity index (χ2v) is 7.76. The van der Waals surface area contributed by atoms with Crippen molar-refractivity contribution in [3.63, 3.8) is 0 Å². The van der Waals surface area contributed by atoms with Crippen molar-refractivity contribution in [1.82, 2.24) is 4.98 Å². The van der Waals surface area contributed by atoms with Gasteiger partial charge in [-0.15, -0.1) is 0 Å². The summed E-state index contributed by atoms with van der Waals surface area (Å²) in [5.74, 6) is 0. The van der Waals surface area contributed by atoms with Crippen LogP contribution in [0.15, 0.2) is 72.8 Å². The van der Waals surface area contributed by atoms with Gasteiger partial charge in [0.05, 0.1) is 11.2 Å². The summed E-state index contributed by atoms with van der Waals surface area (Å²) in [5, 5.41) is 3.76. The molecule has 1 nitrogen and oxygen atoms in total. The Morgan fingerprint density at radius 3 is 2.29 bits per heavy atom. The lowest BCUT2D eigenvalue weighted by molar-refractivity contribution is 0.607. The van der Waals surface area contributed by atoms with Gasteiger partial charge in [-0.1, -0.05) is 99.7 Å². The molecule has 0 atom stereocenters. The normalized spacial score (nSPS) is 11.3. The van der Waals surface area contributed by atoms with Gasteiger partial charge in [0, 0.05) is 10.9 Å². The Balaban J connectivity index is 1.46. The van der Waals surface area contributed by atoms with Crippen LogP contribution in [0.2, 0.25) is 0 Å². The molecule has 0 aliphatic heterocycles. The molecule has 142 valence electrons. The summed E-state index contributed by atoms with van der Waals surface area (Å²) in [5.41, 5.74) is 4.74. The maximum absolute atomic E-state index is 4.93. The van der Waals surface area contributed by atoms with E-state index in [0.29, 0.717) is 0 Å². The molecular weight excluding hydrogens is 338 g/mol. The highest BCUT2D eigenvalue weighted by atomic mass is 14.7. The van der Waals surface area contributed by atoms with Crippen LogP contribution < -0.4 is 0 Å². The van der Waals surface area contributed by atoms with Crippen LogP contribution in [0.25, 0.3) is 32.9 Å². The molecule has 0 aliphatic carbocycles. The number of fused-ring (bicyclic) bond motifs is 3. The summed E-state index contributed by atoms with van der Waals surface area (Å²) in [6.45, 7) is 2.27. The summed E-state index contributed by atoms with van der Waals surface area (Å²) in [6.07, 6.45) is 9.29. The van der Waals surface area contributed by atoms with Gasteiger partial charge in [0.2, 0.25) is 0 Å². The first-order valence-corrected chi connectivity index (χ1v) is 10.7. The molecule has 28 heavy (non-hydrogen) atoms. The molecule has 0 fully saturated rings. The van der Waals surface area contributed by atoms with Gasteiger partial charge in [0.1, 0.15) is 0 Å². The molecule has 0 unspecified atom stereocenters. The smallest absolute Gasteiger partial charge is 0.0715 e. The Morgan fingerprint density at radius 2 is 1.43 bits per heavy atom. The summed E-state index contributed by atoms with van der Waals surface area (Å²) in [4.78, 5) is 4.93. The minimum atomic E-state index is 1.05. The highest BCUT2D eigenvalue weighted by molar-refractivity contribution is 6.06. The summed E-state index contributed by atoms with van der Waals surface area (Å²) in [6, 6.07) is 26.2. The molecule has 0 spiro atoms. The number of aryl methyl sites for hydroxylation is 1. The van der Waals surface area contributed by atoms with Crippen molar-refractivity contribution in [3.8, 4) is 11.3 Å². The molecule has 0 saturated carbocycles. The maximum Gasteiger partial charge on any atom is 0.0715 e. The first-order valence-electron chi connectivity index (χ1n) is 10.7. The molecule has 4 rings (SSSR count). The number of hydrogen-bond donors (Lipinski definition) is 0. The van der Waals surface area contributed by atoms with Crippen LogP contribution in [0.5, 0.6) is 0 Å². The van der Waals surface area contributed by atoms with E-state index in [2.05, 4.69) is 79.7 Å². The van der Waals surface area contributed by atoms with Gasteiger partial charge in [0.15, 0.2) is 0 Å². The molecule has 0 aliphatic rings. The van der Waals surface area contributed by atoms with E-state index in [0.717, 1.165) is 11.2 Å². The number of benzene rings is 3. The van der Waals surface area contributed by atoms with Crippen LogP contribution in [0.4, 0.5) is 0 Å². The molecule has 0 amide bonds. The Morgan fingerprint density at radius 1 is 0.643 bits per heavy atom. The van der Waals surface area contributed by atoms with E-state index in [9.17, 15) is 0 Å². The predicted molar refractivity (Wildman–Crippen MR) is 122 cm³/mol. The van der Waals surface area contributed by atoms with Crippen molar-refractivity contribution < 1.29 is 0 Å². The summed E-state index contributed by atoms with van der Waals surface area (Å²) in [7, 11) is 0. The Bertz CT molecular complexity index is 1050. The molecule has 1 heteroatoms. The third-order valence-electron chi connectivity index (χ3n) is 5.67. The zero-order valence-electron chi connectivity index (χ0n) is 16.8. The fourth-order valence-electron chi connectivity index (χ4n) is 4.00. The van der Waals surface area contributed by atoms with E-state index in [1.165, 1.54) is 72.2 Å². The second-order valence-electron chi connectivity index (χ2n) is 7.76. The molecule has 1 aromatic heterocycles. The molecule has 0 radical (unpaired) electrons. The quantitative estimate of drug-likeness (QED) is 0.227. The zero-order chi connectivity index (χ0) is 19.2. The zero-order valence-corrected chi connectivity index (χ0v) is 16.8. The number of nitrogens with zero attached hydrogens (tertiary/aromatic N) is 1. The van der Waals surface area contributed by atoms with Crippen LogP contribution in [-0.4, -0.2) is 4.98 Å². The van der Waals surface area contributed by atoms with Gasteiger partial charge in [-0.2, -0.15) is 0 Å². The molecule has 0 bridgehead atoms. The number of unbranched alkanes of at least 4 members (excludes halogenated alkanes) is 5. The lowest BCUT2D eigenvalue weighted by Crippen LogP contribution is -1.89. The SMILES string of the molecule is CCCCCCCCc1ccc(-c2ccc3c(ccc4ccccc43)n2)cc1. The Kier molecular flexibility index (Phi) is 6.01. The van der Waals surface area contributed by atoms with Crippen LogP contribution >= 0.6 is 0 Å². The average Bonchev–Trinajstić information content (AvgIpc) is 2.76. The van der Waals surface area contributed by atoms with Crippen molar-refractivity contribution in [3.05, 3.63) is 78.4 Å². The Hall–Kier alpha value is -2.67. The number of rotatable bonds is 8. The number of hydrogen-bond acceptors (Lipinski definition) is 1. The molecule has 1 heterocycles. The van der Waals surface area contributed by atoms with E-state index in [4.69, 9.17) is 4.98 Å². The highest BCUT2D eigenvalue weighted by Gasteiger charge is 2.05. The topological polar surface area (TPSA) is 12.9 Å². The van der Waals surface area contributed by atoms with Crippen molar-refractivity contribution in [1.29, 1.82) is 0 Å². The third-order valence-corrected chi connectivity index (χ3v) is 5.67. The lowest BCUT2D eigenvalue weighted by Gasteiger charge is -2.07. The lowest BCUT2D eigenvalue weighted by atomic mass is 10.0. The van der Waals surface area contributed by atoms with E-state index in [-0.39, 0.29) is 0 Å².